The van der Waals surface area contributed by atoms with E-state index in [0.29, 0.717) is 0 Å². The van der Waals surface area contributed by atoms with E-state index < -0.39 is 34.4 Å². The van der Waals surface area contributed by atoms with Crippen molar-refractivity contribution in [3.05, 3.63) is 0 Å². The molecule has 0 aliphatic heterocycles. The van der Waals surface area contributed by atoms with Crippen LogP contribution < -0.4 is 5.32 Å². The number of rotatable bonds is 7. The zero-order valence-corrected chi connectivity index (χ0v) is 11.3. The standard InChI is InChI=1S/C6H11NO4.H4O5P2/c1-7-3-4(6(10)11)2-5(8)9;1-6(2)5-7(3)4/h4,7H,2-3H2,1H3,(H,8,9)(H,10,11);6-7H,(H,1,2)(H,3,4). The molecule has 0 aromatic carbocycles. The van der Waals surface area contributed by atoms with E-state index in [9.17, 15) is 18.7 Å². The highest BCUT2D eigenvalue weighted by atomic mass is 31.2. The summed E-state index contributed by atoms with van der Waals surface area (Å²) in [7, 11) is -4.82. The van der Waals surface area contributed by atoms with E-state index in [1.807, 2.05) is 0 Å². The molecule has 10 nitrogen and oxygen atoms in total. The number of nitrogens with one attached hydrogen (secondary N) is 1. The first-order valence-corrected chi connectivity index (χ1v) is 6.96. The van der Waals surface area contributed by atoms with Crippen LogP contribution in [0, 0.1) is 5.92 Å². The van der Waals surface area contributed by atoms with Gasteiger partial charge in [0.15, 0.2) is 0 Å². The summed E-state index contributed by atoms with van der Waals surface area (Å²) >= 11 is 0. The first-order chi connectivity index (χ1) is 8.20. The van der Waals surface area contributed by atoms with Gasteiger partial charge in [-0.25, -0.2) is 4.31 Å². The SMILES string of the molecule is CNCC(CC(=O)O)C(=O)O.O=[PH](O)O[PH](=O)O. The minimum atomic E-state index is -3.20. The largest absolute Gasteiger partial charge is 0.481 e. The van der Waals surface area contributed by atoms with E-state index in [2.05, 4.69) is 9.63 Å². The first-order valence-electron chi connectivity index (χ1n) is 4.43. The Morgan fingerprint density at radius 3 is 1.83 bits per heavy atom. The van der Waals surface area contributed by atoms with Gasteiger partial charge in [0.1, 0.15) is 0 Å². The Morgan fingerprint density at radius 2 is 1.67 bits per heavy atom. The summed E-state index contributed by atoms with van der Waals surface area (Å²) in [5, 5.41) is 19.3. The Kier molecular flexibility index (Phi) is 12.3. The molecule has 5 N–H and O–H groups in total. The van der Waals surface area contributed by atoms with Gasteiger partial charge in [0.05, 0.1) is 12.3 Å². The number of hydrogen-bond donors (Lipinski definition) is 5. The lowest BCUT2D eigenvalue weighted by Gasteiger charge is -2.07. The highest BCUT2D eigenvalue weighted by Crippen LogP contribution is 2.30. The minimum Gasteiger partial charge on any atom is -0.481 e. The Bertz CT molecular complexity index is 308. The molecular formula is C6H15NO9P2. The molecule has 0 heterocycles. The molecule has 0 aliphatic carbocycles. The summed E-state index contributed by atoms with van der Waals surface area (Å²) in [5.74, 6) is -3.01. The van der Waals surface area contributed by atoms with Crippen LogP contribution in [0.1, 0.15) is 6.42 Å². The highest BCUT2D eigenvalue weighted by molar-refractivity contribution is 7.46. The van der Waals surface area contributed by atoms with E-state index in [0.717, 1.165) is 0 Å². The van der Waals surface area contributed by atoms with Crippen LogP contribution in [-0.2, 0) is 23.0 Å². The molecule has 0 bridgehead atoms. The Balaban J connectivity index is 0. The van der Waals surface area contributed by atoms with Gasteiger partial charge in [0.25, 0.3) is 0 Å². The summed E-state index contributed by atoms with van der Waals surface area (Å²) in [6, 6.07) is 0. The first kappa shape index (κ1) is 19.6. The fourth-order valence-electron chi connectivity index (χ4n) is 0.779. The quantitative estimate of drug-likeness (QED) is 0.373. The molecule has 3 unspecified atom stereocenters. The summed E-state index contributed by atoms with van der Waals surface area (Å²) in [4.78, 5) is 35.8. The van der Waals surface area contributed by atoms with Gasteiger partial charge in [0, 0.05) is 6.54 Å². The van der Waals surface area contributed by atoms with Crippen molar-refractivity contribution in [2.45, 2.75) is 6.42 Å². The lowest BCUT2D eigenvalue weighted by molar-refractivity contribution is -0.148. The molecule has 0 radical (unpaired) electrons. The van der Waals surface area contributed by atoms with Crippen LogP contribution in [0.3, 0.4) is 0 Å². The van der Waals surface area contributed by atoms with Gasteiger partial charge in [0.2, 0.25) is 0 Å². The maximum atomic E-state index is 10.3. The molecule has 108 valence electrons. The van der Waals surface area contributed by atoms with E-state index in [4.69, 9.17) is 20.0 Å². The van der Waals surface area contributed by atoms with Gasteiger partial charge in [-0.3, -0.25) is 18.7 Å². The van der Waals surface area contributed by atoms with E-state index >= 15 is 0 Å². The van der Waals surface area contributed by atoms with Crippen molar-refractivity contribution in [2.75, 3.05) is 13.6 Å². The van der Waals surface area contributed by atoms with Crippen molar-refractivity contribution in [1.29, 1.82) is 0 Å². The maximum Gasteiger partial charge on any atom is 0.323 e. The average Bonchev–Trinajstić information content (AvgIpc) is 2.14. The molecular weight excluding hydrogens is 292 g/mol. The Morgan fingerprint density at radius 1 is 1.22 bits per heavy atom. The summed E-state index contributed by atoms with van der Waals surface area (Å²) in [5.41, 5.74) is 0. The summed E-state index contributed by atoms with van der Waals surface area (Å²) in [6.07, 6.45) is -0.337. The molecule has 0 aliphatic rings. The number of carboxylic acid groups (broad SMARTS) is 2. The van der Waals surface area contributed by atoms with Crippen molar-refractivity contribution >= 4 is 28.4 Å². The fraction of sp³-hybridized carbons (Fsp3) is 0.667. The third-order valence-corrected chi connectivity index (χ3v) is 2.79. The molecule has 0 rings (SSSR count). The molecule has 0 aromatic rings. The van der Waals surface area contributed by atoms with Gasteiger partial charge in [-0.15, -0.1) is 0 Å². The van der Waals surface area contributed by atoms with Gasteiger partial charge in [-0.05, 0) is 7.05 Å². The molecule has 0 fully saturated rings. The van der Waals surface area contributed by atoms with Gasteiger partial charge >= 0.3 is 28.4 Å². The van der Waals surface area contributed by atoms with Crippen LogP contribution in [0.25, 0.3) is 0 Å². The molecule has 0 saturated carbocycles. The normalized spacial score (nSPS) is 14.8. The second-order valence-corrected chi connectivity index (χ2v) is 4.70. The van der Waals surface area contributed by atoms with Crippen LogP contribution in [0.2, 0.25) is 0 Å². The number of carbonyl (C=O) groups is 2. The fourth-order valence-corrected chi connectivity index (χ4v) is 1.38. The molecule has 3 atom stereocenters. The maximum absolute atomic E-state index is 10.3. The summed E-state index contributed by atoms with van der Waals surface area (Å²) < 4.78 is 22.3. The second-order valence-electron chi connectivity index (χ2n) is 2.82. The molecule has 0 aromatic heterocycles. The molecule has 18 heavy (non-hydrogen) atoms. The predicted molar refractivity (Wildman–Crippen MR) is 60.8 cm³/mol. The number of hydrogen-bond acceptors (Lipinski definition) is 6. The zero-order valence-electron chi connectivity index (χ0n) is 9.32. The van der Waals surface area contributed by atoms with Crippen molar-refractivity contribution in [2.24, 2.45) is 5.92 Å². The molecule has 0 amide bonds. The lowest BCUT2D eigenvalue weighted by atomic mass is 10.1. The van der Waals surface area contributed by atoms with Crippen LogP contribution >= 0.6 is 16.5 Å². The smallest absolute Gasteiger partial charge is 0.323 e. The van der Waals surface area contributed by atoms with Crippen molar-refractivity contribution in [3.63, 3.8) is 0 Å². The third kappa shape index (κ3) is 15.2. The molecule has 0 spiro atoms. The Hall–Kier alpha value is -0.760. The van der Waals surface area contributed by atoms with Crippen molar-refractivity contribution in [1.82, 2.24) is 5.32 Å². The monoisotopic (exact) mass is 307 g/mol. The van der Waals surface area contributed by atoms with Gasteiger partial charge < -0.3 is 25.3 Å². The minimum absolute atomic E-state index is 0.182. The van der Waals surface area contributed by atoms with Crippen LogP contribution in [0.4, 0.5) is 0 Å². The van der Waals surface area contributed by atoms with E-state index in [-0.39, 0.29) is 13.0 Å². The topological polar surface area (TPSA) is 170 Å². The average molecular weight is 307 g/mol. The number of aliphatic carboxylic acids is 2. The van der Waals surface area contributed by atoms with Gasteiger partial charge in [-0.2, -0.15) is 0 Å². The predicted octanol–water partition coefficient (Wildman–Crippen LogP) is -0.852. The zero-order chi connectivity index (χ0) is 14.7. The van der Waals surface area contributed by atoms with E-state index in [1.165, 1.54) is 0 Å². The molecule has 12 heteroatoms. The number of carboxylic acids is 2. The summed E-state index contributed by atoms with van der Waals surface area (Å²) in [6.45, 7) is 0.182. The second kappa shape index (κ2) is 11.3. The highest BCUT2D eigenvalue weighted by Gasteiger charge is 2.19. The van der Waals surface area contributed by atoms with E-state index in [1.54, 1.807) is 7.05 Å². The van der Waals surface area contributed by atoms with Crippen LogP contribution in [-0.4, -0.2) is 45.5 Å². The van der Waals surface area contributed by atoms with Crippen LogP contribution in [0.5, 0.6) is 0 Å². The van der Waals surface area contributed by atoms with Gasteiger partial charge in [-0.1, -0.05) is 0 Å². The third-order valence-electron chi connectivity index (χ3n) is 1.40. The van der Waals surface area contributed by atoms with Crippen LogP contribution in [0.15, 0.2) is 0 Å². The lowest BCUT2D eigenvalue weighted by Crippen LogP contribution is -2.28. The van der Waals surface area contributed by atoms with Crippen molar-refractivity contribution in [3.8, 4) is 0 Å². The Labute approximate surface area is 103 Å². The molecule has 0 saturated heterocycles. The van der Waals surface area contributed by atoms with Crippen molar-refractivity contribution < 1.29 is 43.0 Å².